The lowest BCUT2D eigenvalue weighted by Gasteiger charge is -2.23. The molecule has 0 aromatic heterocycles. The third-order valence-electron chi connectivity index (χ3n) is 4.49. The molecule has 0 N–H and O–H groups in total. The molecule has 24 heavy (non-hydrogen) atoms. The number of nitrogens with zero attached hydrogens (tertiary/aromatic N) is 1. The van der Waals surface area contributed by atoms with Gasteiger partial charge in [-0.2, -0.15) is 0 Å². The lowest BCUT2D eigenvalue weighted by atomic mass is 9.82. The van der Waals surface area contributed by atoms with Gasteiger partial charge >= 0.3 is 0 Å². The zero-order valence-electron chi connectivity index (χ0n) is 13.5. The van der Waals surface area contributed by atoms with Gasteiger partial charge in [0.1, 0.15) is 12.8 Å². The fourth-order valence-corrected chi connectivity index (χ4v) is 3.21. The molecule has 1 aliphatic rings. The van der Waals surface area contributed by atoms with Crippen molar-refractivity contribution in [3.8, 4) is 0 Å². The van der Waals surface area contributed by atoms with Gasteiger partial charge in [0.05, 0.1) is 0 Å². The van der Waals surface area contributed by atoms with Crippen molar-refractivity contribution in [2.45, 2.75) is 44.6 Å². The molecule has 1 radical (unpaired) electrons. The minimum atomic E-state index is -0.893. The van der Waals surface area contributed by atoms with Gasteiger partial charge in [0.25, 0.3) is 0 Å². The second-order valence-electron chi connectivity index (χ2n) is 6.11. The van der Waals surface area contributed by atoms with Crippen LogP contribution in [0.2, 0.25) is 0 Å². The Labute approximate surface area is 141 Å². The highest BCUT2D eigenvalue weighted by Gasteiger charge is 2.17. The molecule has 0 bridgehead atoms. The summed E-state index contributed by atoms with van der Waals surface area (Å²) in [6.45, 7) is -0.123. The molecular formula is C20H20F2NO. The maximum absolute atomic E-state index is 13.5. The summed E-state index contributed by atoms with van der Waals surface area (Å²) >= 11 is 0. The quantitative estimate of drug-likeness (QED) is 0.529. The third-order valence-corrected chi connectivity index (χ3v) is 4.49. The summed E-state index contributed by atoms with van der Waals surface area (Å²) in [6.07, 6.45) is 9.09. The molecule has 0 saturated heterocycles. The first-order chi connectivity index (χ1) is 11.8. The van der Waals surface area contributed by atoms with E-state index in [9.17, 15) is 8.78 Å². The predicted octanol–water partition coefficient (Wildman–Crippen LogP) is 5.44. The molecule has 0 heterocycles. The van der Waals surface area contributed by atoms with Crippen LogP contribution in [0.4, 0.5) is 8.78 Å². The van der Waals surface area contributed by atoms with E-state index >= 15 is 0 Å². The van der Waals surface area contributed by atoms with Gasteiger partial charge in [-0.05, 0) is 30.4 Å². The Morgan fingerprint density at radius 1 is 1.00 bits per heavy atom. The SMILES string of the molecule is Fc1cccc(CO/N=[C]\c2ccccc2C2CCCCC2)c1F. The summed E-state index contributed by atoms with van der Waals surface area (Å²) in [5.74, 6) is -1.24. The van der Waals surface area contributed by atoms with Crippen molar-refractivity contribution >= 4 is 6.21 Å². The van der Waals surface area contributed by atoms with Gasteiger partial charge in [0, 0.05) is 11.1 Å². The molecule has 125 valence electrons. The van der Waals surface area contributed by atoms with Gasteiger partial charge in [0.2, 0.25) is 0 Å². The lowest BCUT2D eigenvalue weighted by molar-refractivity contribution is 0.129. The van der Waals surface area contributed by atoms with E-state index in [1.165, 1.54) is 49.8 Å². The average molecular weight is 328 g/mol. The van der Waals surface area contributed by atoms with Crippen molar-refractivity contribution in [1.29, 1.82) is 0 Å². The van der Waals surface area contributed by atoms with Crippen LogP contribution in [0.5, 0.6) is 0 Å². The van der Waals surface area contributed by atoms with Gasteiger partial charge in [-0.15, -0.1) is 0 Å². The van der Waals surface area contributed by atoms with Crippen molar-refractivity contribution in [3.63, 3.8) is 0 Å². The Kier molecular flexibility index (Phi) is 5.57. The van der Waals surface area contributed by atoms with Gasteiger partial charge in [-0.1, -0.05) is 60.8 Å². The molecule has 4 heteroatoms. The first-order valence-corrected chi connectivity index (χ1v) is 8.35. The fourth-order valence-electron chi connectivity index (χ4n) is 3.21. The van der Waals surface area contributed by atoms with E-state index in [1.54, 1.807) is 0 Å². The second-order valence-corrected chi connectivity index (χ2v) is 6.11. The molecule has 2 nitrogen and oxygen atoms in total. The first-order valence-electron chi connectivity index (χ1n) is 8.35. The smallest absolute Gasteiger partial charge is 0.165 e. The van der Waals surface area contributed by atoms with Crippen LogP contribution in [0.1, 0.15) is 54.7 Å². The summed E-state index contributed by atoms with van der Waals surface area (Å²) in [6, 6.07) is 12.0. The van der Waals surface area contributed by atoms with Crippen LogP contribution in [-0.2, 0) is 11.4 Å². The molecule has 2 aromatic carbocycles. The van der Waals surface area contributed by atoms with Crippen molar-refractivity contribution in [3.05, 3.63) is 70.8 Å². The van der Waals surface area contributed by atoms with E-state index < -0.39 is 11.6 Å². The molecule has 1 aliphatic carbocycles. The van der Waals surface area contributed by atoms with Crippen LogP contribution in [0.25, 0.3) is 0 Å². The molecule has 0 aliphatic heterocycles. The van der Waals surface area contributed by atoms with Crippen LogP contribution in [-0.4, -0.2) is 6.21 Å². The minimum absolute atomic E-state index is 0.123. The molecule has 1 saturated carbocycles. The zero-order valence-corrected chi connectivity index (χ0v) is 13.5. The van der Waals surface area contributed by atoms with E-state index in [4.69, 9.17) is 4.84 Å². The molecule has 0 amide bonds. The molecule has 1 fully saturated rings. The van der Waals surface area contributed by atoms with Gasteiger partial charge < -0.3 is 4.84 Å². The Bertz CT molecular complexity index is 709. The normalized spacial score (nSPS) is 15.8. The van der Waals surface area contributed by atoms with Crippen LogP contribution in [0.15, 0.2) is 47.6 Å². The van der Waals surface area contributed by atoms with E-state index in [2.05, 4.69) is 17.4 Å². The highest BCUT2D eigenvalue weighted by Crippen LogP contribution is 2.33. The summed E-state index contributed by atoms with van der Waals surface area (Å²) in [5, 5.41) is 3.82. The maximum Gasteiger partial charge on any atom is 0.165 e. The molecule has 0 unspecified atom stereocenters. The zero-order chi connectivity index (χ0) is 16.8. The van der Waals surface area contributed by atoms with Crippen LogP contribution >= 0.6 is 0 Å². The second kappa shape index (κ2) is 8.04. The van der Waals surface area contributed by atoms with Crippen molar-refractivity contribution in [1.82, 2.24) is 0 Å². The Morgan fingerprint density at radius 2 is 1.79 bits per heavy atom. The lowest BCUT2D eigenvalue weighted by Crippen LogP contribution is -2.07. The fraction of sp³-hybridized carbons (Fsp3) is 0.350. The van der Waals surface area contributed by atoms with E-state index in [0.29, 0.717) is 5.92 Å². The molecule has 2 aromatic rings. The highest BCUT2D eigenvalue weighted by molar-refractivity contribution is 5.81. The minimum Gasteiger partial charge on any atom is -0.390 e. The standard InChI is InChI=1S/C20H20F2NO/c21-19-12-6-10-17(20(19)22)14-24-23-13-16-9-4-5-11-18(16)15-7-2-1-3-8-15/h4-6,9-12,15H,1-3,7-8,14H2. The topological polar surface area (TPSA) is 21.6 Å². The Balaban J connectivity index is 1.65. The predicted molar refractivity (Wildman–Crippen MR) is 90.0 cm³/mol. The van der Waals surface area contributed by atoms with Crippen molar-refractivity contribution < 1.29 is 13.6 Å². The third kappa shape index (κ3) is 3.99. The van der Waals surface area contributed by atoms with Crippen LogP contribution in [0, 0.1) is 11.6 Å². The molecule has 0 spiro atoms. The van der Waals surface area contributed by atoms with Crippen molar-refractivity contribution in [2.75, 3.05) is 0 Å². The van der Waals surface area contributed by atoms with Crippen LogP contribution in [0.3, 0.4) is 0 Å². The van der Waals surface area contributed by atoms with Gasteiger partial charge in [-0.25, -0.2) is 8.78 Å². The average Bonchev–Trinajstić information content (AvgIpc) is 2.63. The summed E-state index contributed by atoms with van der Waals surface area (Å²) in [7, 11) is 0. The molecular weight excluding hydrogens is 308 g/mol. The molecule has 3 rings (SSSR count). The first kappa shape index (κ1) is 16.6. The maximum atomic E-state index is 13.5. The summed E-state index contributed by atoms with van der Waals surface area (Å²) in [5.41, 5.74) is 2.28. The number of rotatable bonds is 5. The summed E-state index contributed by atoms with van der Waals surface area (Å²) in [4.78, 5) is 5.11. The number of hydrogen-bond donors (Lipinski definition) is 0. The van der Waals surface area contributed by atoms with E-state index in [-0.39, 0.29) is 12.2 Å². The van der Waals surface area contributed by atoms with E-state index in [0.717, 1.165) is 11.6 Å². The van der Waals surface area contributed by atoms with E-state index in [1.807, 2.05) is 18.2 Å². The summed E-state index contributed by atoms with van der Waals surface area (Å²) < 4.78 is 26.7. The van der Waals surface area contributed by atoms with Crippen molar-refractivity contribution in [2.24, 2.45) is 5.16 Å². The Morgan fingerprint density at radius 3 is 2.62 bits per heavy atom. The number of halogens is 2. The number of hydrogen-bond acceptors (Lipinski definition) is 2. The monoisotopic (exact) mass is 328 g/mol. The van der Waals surface area contributed by atoms with Crippen LogP contribution < -0.4 is 0 Å². The largest absolute Gasteiger partial charge is 0.390 e. The Hall–Kier alpha value is -2.23. The van der Waals surface area contributed by atoms with Gasteiger partial charge in [-0.3, -0.25) is 0 Å². The highest BCUT2D eigenvalue weighted by atomic mass is 19.2. The number of benzene rings is 2. The van der Waals surface area contributed by atoms with Gasteiger partial charge in [0.15, 0.2) is 11.6 Å². The molecule has 0 atom stereocenters.